The number of carbonyl (C=O) groups excluding carboxylic acids is 1. The molecule has 1 unspecified atom stereocenters. The SMILES string of the molecule is Cc1ccc2c(Cl)cc(Cl)c(OCC(=O)Nc3c(C#N)c(C)c(C)n3CC3CCCO3)c2n1. The molecule has 1 fully saturated rings. The van der Waals surface area contributed by atoms with Crippen molar-refractivity contribution >= 4 is 45.8 Å². The molecule has 0 radical (unpaired) electrons. The Bertz CT molecular complexity index is 1270. The van der Waals surface area contributed by atoms with Gasteiger partial charge < -0.3 is 19.4 Å². The number of benzene rings is 1. The molecule has 0 bridgehead atoms. The molecule has 0 aliphatic carbocycles. The largest absolute Gasteiger partial charge is 0.480 e. The zero-order valence-corrected chi connectivity index (χ0v) is 20.2. The van der Waals surface area contributed by atoms with E-state index in [-0.39, 0.29) is 23.5 Å². The van der Waals surface area contributed by atoms with Gasteiger partial charge >= 0.3 is 0 Å². The lowest BCUT2D eigenvalue weighted by Gasteiger charge is -2.17. The number of fused-ring (bicyclic) bond motifs is 1. The van der Waals surface area contributed by atoms with Crippen molar-refractivity contribution in [1.29, 1.82) is 5.26 Å². The molecule has 172 valence electrons. The molecule has 0 spiro atoms. The number of hydrogen-bond donors (Lipinski definition) is 1. The first kappa shape index (κ1) is 23.4. The zero-order chi connectivity index (χ0) is 23.7. The van der Waals surface area contributed by atoms with Gasteiger partial charge in [-0.2, -0.15) is 5.26 Å². The summed E-state index contributed by atoms with van der Waals surface area (Å²) in [6.07, 6.45) is 2.01. The molecule has 1 aromatic carbocycles. The summed E-state index contributed by atoms with van der Waals surface area (Å²) >= 11 is 12.6. The number of anilines is 1. The van der Waals surface area contributed by atoms with Crippen molar-refractivity contribution in [2.75, 3.05) is 18.5 Å². The minimum Gasteiger partial charge on any atom is -0.480 e. The third kappa shape index (κ3) is 4.65. The maximum Gasteiger partial charge on any atom is 0.263 e. The number of amides is 1. The van der Waals surface area contributed by atoms with E-state index in [1.165, 1.54) is 0 Å². The van der Waals surface area contributed by atoms with Crippen LogP contribution >= 0.6 is 23.2 Å². The van der Waals surface area contributed by atoms with Gasteiger partial charge in [-0.3, -0.25) is 4.79 Å². The van der Waals surface area contributed by atoms with Gasteiger partial charge in [-0.05, 0) is 57.4 Å². The average molecular weight is 487 g/mol. The van der Waals surface area contributed by atoms with Gasteiger partial charge in [0, 0.05) is 23.4 Å². The summed E-state index contributed by atoms with van der Waals surface area (Å²) < 4.78 is 13.5. The number of ether oxygens (including phenoxy) is 2. The molecular weight excluding hydrogens is 463 g/mol. The summed E-state index contributed by atoms with van der Waals surface area (Å²) in [6, 6.07) is 7.47. The molecule has 1 saturated heterocycles. The Labute approximate surface area is 202 Å². The minimum absolute atomic E-state index is 0.0579. The van der Waals surface area contributed by atoms with E-state index >= 15 is 0 Å². The number of nitrogens with zero attached hydrogens (tertiary/aromatic N) is 3. The second kappa shape index (κ2) is 9.60. The fourth-order valence-electron chi connectivity index (χ4n) is 4.08. The van der Waals surface area contributed by atoms with Crippen LogP contribution in [0, 0.1) is 32.1 Å². The Morgan fingerprint density at radius 3 is 2.82 bits per heavy atom. The standard InChI is InChI=1S/C24H24Cl2N4O3/c1-13-6-7-17-19(25)9-20(26)23(22(17)28-13)33-12-21(31)29-24-18(10-27)14(2)15(3)30(24)11-16-5-4-8-32-16/h6-7,9,16H,4-5,8,11-12H2,1-3H3,(H,29,31). The third-order valence-electron chi connectivity index (χ3n) is 5.93. The van der Waals surface area contributed by atoms with Crippen LogP contribution < -0.4 is 10.1 Å². The lowest BCUT2D eigenvalue weighted by Crippen LogP contribution is -2.24. The molecule has 1 aliphatic heterocycles. The van der Waals surface area contributed by atoms with Crippen molar-refractivity contribution in [3.8, 4) is 11.8 Å². The van der Waals surface area contributed by atoms with E-state index < -0.39 is 5.91 Å². The second-order valence-corrected chi connectivity index (χ2v) is 8.96. The highest BCUT2D eigenvalue weighted by atomic mass is 35.5. The van der Waals surface area contributed by atoms with Crippen molar-refractivity contribution in [1.82, 2.24) is 9.55 Å². The van der Waals surface area contributed by atoms with Crippen LogP contribution in [0.15, 0.2) is 18.2 Å². The number of aromatic nitrogens is 2. The number of nitrogens with one attached hydrogen (secondary N) is 1. The maximum absolute atomic E-state index is 12.9. The average Bonchev–Trinajstić information content (AvgIpc) is 3.36. The predicted molar refractivity (Wildman–Crippen MR) is 128 cm³/mol. The van der Waals surface area contributed by atoms with Crippen LogP contribution in [-0.4, -0.2) is 34.8 Å². The lowest BCUT2D eigenvalue weighted by atomic mass is 10.2. The summed E-state index contributed by atoms with van der Waals surface area (Å²) in [6.45, 7) is 6.65. The second-order valence-electron chi connectivity index (χ2n) is 8.15. The van der Waals surface area contributed by atoms with Gasteiger partial charge in [0.15, 0.2) is 12.4 Å². The molecular formula is C24H24Cl2N4O3. The van der Waals surface area contributed by atoms with E-state index in [9.17, 15) is 10.1 Å². The van der Waals surface area contributed by atoms with E-state index in [2.05, 4.69) is 16.4 Å². The Kier molecular flexibility index (Phi) is 6.80. The summed E-state index contributed by atoms with van der Waals surface area (Å²) in [5.41, 5.74) is 3.45. The first-order chi connectivity index (χ1) is 15.8. The first-order valence-corrected chi connectivity index (χ1v) is 11.4. The number of hydrogen-bond acceptors (Lipinski definition) is 5. The monoisotopic (exact) mass is 486 g/mol. The van der Waals surface area contributed by atoms with Crippen LogP contribution in [0.4, 0.5) is 5.82 Å². The first-order valence-electron chi connectivity index (χ1n) is 10.7. The van der Waals surface area contributed by atoms with Crippen LogP contribution in [-0.2, 0) is 16.1 Å². The van der Waals surface area contributed by atoms with Crippen molar-refractivity contribution in [2.24, 2.45) is 0 Å². The zero-order valence-electron chi connectivity index (χ0n) is 18.7. The topological polar surface area (TPSA) is 89.2 Å². The van der Waals surface area contributed by atoms with Crippen molar-refractivity contribution in [3.05, 3.63) is 50.8 Å². The summed E-state index contributed by atoms with van der Waals surface area (Å²) in [5, 5.41) is 14.0. The molecule has 3 heterocycles. The van der Waals surface area contributed by atoms with Crippen molar-refractivity contribution in [2.45, 2.75) is 46.3 Å². The number of carbonyl (C=O) groups is 1. The molecule has 3 aromatic rings. The number of rotatable bonds is 6. The van der Waals surface area contributed by atoms with Crippen LogP contribution in [0.5, 0.6) is 5.75 Å². The van der Waals surface area contributed by atoms with Crippen LogP contribution in [0.1, 0.15) is 35.4 Å². The summed E-state index contributed by atoms with van der Waals surface area (Å²) in [7, 11) is 0. The number of aryl methyl sites for hydroxylation is 1. The lowest BCUT2D eigenvalue weighted by molar-refractivity contribution is -0.118. The van der Waals surface area contributed by atoms with Crippen molar-refractivity contribution < 1.29 is 14.3 Å². The maximum atomic E-state index is 12.9. The Morgan fingerprint density at radius 1 is 1.33 bits per heavy atom. The quantitative estimate of drug-likeness (QED) is 0.507. The molecule has 33 heavy (non-hydrogen) atoms. The van der Waals surface area contributed by atoms with E-state index in [1.54, 1.807) is 6.07 Å². The molecule has 1 N–H and O–H groups in total. The van der Waals surface area contributed by atoms with Gasteiger partial charge in [0.05, 0.1) is 28.3 Å². The smallest absolute Gasteiger partial charge is 0.263 e. The van der Waals surface area contributed by atoms with Crippen LogP contribution in [0.25, 0.3) is 10.9 Å². The normalized spacial score (nSPS) is 15.6. The summed E-state index contributed by atoms with van der Waals surface area (Å²) in [4.78, 5) is 17.4. The van der Waals surface area contributed by atoms with Crippen LogP contribution in [0.3, 0.4) is 0 Å². The minimum atomic E-state index is -0.413. The fraction of sp³-hybridized carbons (Fsp3) is 0.375. The highest BCUT2D eigenvalue weighted by molar-refractivity contribution is 6.39. The van der Waals surface area contributed by atoms with Gasteiger partial charge in [0.2, 0.25) is 0 Å². The van der Waals surface area contributed by atoms with Gasteiger partial charge in [0.1, 0.15) is 17.4 Å². The molecule has 9 heteroatoms. The molecule has 0 saturated carbocycles. The molecule has 1 atom stereocenters. The summed E-state index contributed by atoms with van der Waals surface area (Å²) in [5.74, 6) is 0.333. The molecule has 4 rings (SSSR count). The highest BCUT2D eigenvalue weighted by Gasteiger charge is 2.24. The Hall–Kier alpha value is -2.79. The molecule has 7 nitrogen and oxygen atoms in total. The van der Waals surface area contributed by atoms with E-state index in [0.717, 1.165) is 36.4 Å². The van der Waals surface area contributed by atoms with E-state index in [0.29, 0.717) is 33.9 Å². The Morgan fingerprint density at radius 2 is 2.12 bits per heavy atom. The van der Waals surface area contributed by atoms with Crippen LogP contribution in [0.2, 0.25) is 10.0 Å². The fourth-order valence-corrected chi connectivity index (χ4v) is 4.65. The van der Waals surface area contributed by atoms with Gasteiger partial charge in [0.25, 0.3) is 5.91 Å². The van der Waals surface area contributed by atoms with E-state index in [1.807, 2.05) is 37.5 Å². The molecule has 2 aromatic heterocycles. The highest BCUT2D eigenvalue weighted by Crippen LogP contribution is 2.37. The van der Waals surface area contributed by atoms with Gasteiger partial charge in [-0.25, -0.2) is 4.98 Å². The molecule has 1 amide bonds. The molecule has 1 aliphatic rings. The predicted octanol–water partition coefficient (Wildman–Crippen LogP) is 5.34. The number of nitriles is 1. The van der Waals surface area contributed by atoms with Crippen molar-refractivity contribution in [3.63, 3.8) is 0 Å². The van der Waals surface area contributed by atoms with E-state index in [4.69, 9.17) is 32.7 Å². The van der Waals surface area contributed by atoms with Gasteiger partial charge in [-0.15, -0.1) is 0 Å². The van der Waals surface area contributed by atoms with Gasteiger partial charge in [-0.1, -0.05) is 23.2 Å². The number of pyridine rings is 1. The number of halogens is 2. The third-order valence-corrected chi connectivity index (χ3v) is 6.53. The Balaban J connectivity index is 1.57.